The Labute approximate surface area is 114 Å². The molecule has 0 amide bonds. The molecule has 1 aromatic rings. The van der Waals surface area contributed by atoms with Gasteiger partial charge >= 0.3 is 0 Å². The first-order chi connectivity index (χ1) is 8.90. The highest BCUT2D eigenvalue weighted by Crippen LogP contribution is 2.19. The van der Waals surface area contributed by atoms with E-state index in [0.717, 1.165) is 38.7 Å². The summed E-state index contributed by atoms with van der Waals surface area (Å²) in [5.74, 6) is 1.03. The molecule has 1 aromatic carbocycles. The largest absolute Gasteiger partial charge is 0.379 e. The summed E-state index contributed by atoms with van der Waals surface area (Å²) in [6, 6.07) is 10.6. The molecule has 1 aliphatic heterocycles. The van der Waals surface area contributed by atoms with Crippen molar-refractivity contribution >= 4 is 11.8 Å². The van der Waals surface area contributed by atoms with E-state index in [-0.39, 0.29) is 0 Å². The molecule has 1 aliphatic rings. The highest BCUT2D eigenvalue weighted by Gasteiger charge is 2.17. The molecule has 4 heteroatoms. The Morgan fingerprint density at radius 1 is 1.22 bits per heavy atom. The minimum Gasteiger partial charge on any atom is -0.379 e. The molecule has 0 radical (unpaired) electrons. The second kappa shape index (κ2) is 7.79. The number of morpholine rings is 1. The van der Waals surface area contributed by atoms with Crippen molar-refractivity contribution in [2.75, 3.05) is 38.7 Å². The van der Waals surface area contributed by atoms with E-state index in [1.165, 1.54) is 11.3 Å². The molecular formula is C14H22N2OS. The van der Waals surface area contributed by atoms with Crippen molar-refractivity contribution in [1.29, 1.82) is 0 Å². The number of hydrazine groups is 1. The molecule has 0 spiro atoms. The molecule has 1 heterocycles. The minimum atomic E-state index is 0.857. The molecule has 0 aliphatic carbocycles. The van der Waals surface area contributed by atoms with Gasteiger partial charge in [0.1, 0.15) is 0 Å². The van der Waals surface area contributed by atoms with E-state index in [4.69, 9.17) is 4.74 Å². The minimum absolute atomic E-state index is 0.857. The van der Waals surface area contributed by atoms with E-state index in [0.29, 0.717) is 0 Å². The van der Waals surface area contributed by atoms with Gasteiger partial charge in [-0.05, 0) is 18.6 Å². The zero-order valence-electron chi connectivity index (χ0n) is 11.0. The van der Waals surface area contributed by atoms with Gasteiger partial charge in [-0.3, -0.25) is 0 Å². The van der Waals surface area contributed by atoms with Crippen molar-refractivity contribution in [3.63, 3.8) is 0 Å². The van der Waals surface area contributed by atoms with E-state index in [1.807, 2.05) is 11.8 Å². The van der Waals surface area contributed by atoms with Crippen LogP contribution in [0.2, 0.25) is 0 Å². The lowest BCUT2D eigenvalue weighted by Crippen LogP contribution is -2.48. The van der Waals surface area contributed by atoms with Crippen LogP contribution in [0.5, 0.6) is 0 Å². The highest BCUT2D eigenvalue weighted by atomic mass is 32.2. The normalized spacial score (nSPS) is 17.2. The molecule has 100 valence electrons. The van der Waals surface area contributed by atoms with Crippen molar-refractivity contribution in [1.82, 2.24) is 10.0 Å². The summed E-state index contributed by atoms with van der Waals surface area (Å²) in [4.78, 5) is 1.34. The van der Waals surface area contributed by atoms with Crippen LogP contribution >= 0.6 is 11.8 Å². The summed E-state index contributed by atoms with van der Waals surface area (Å²) in [6.07, 6.45) is 1.19. The zero-order chi connectivity index (χ0) is 12.6. The zero-order valence-corrected chi connectivity index (χ0v) is 11.9. The smallest absolute Gasteiger partial charge is 0.0637 e. The number of thioether (sulfide) groups is 1. The fraction of sp³-hybridized carbons (Fsp3) is 0.571. The van der Waals surface area contributed by atoms with Crippen molar-refractivity contribution < 1.29 is 4.74 Å². The van der Waals surface area contributed by atoms with Crippen LogP contribution in [0.25, 0.3) is 0 Å². The predicted molar refractivity (Wildman–Crippen MR) is 76.6 cm³/mol. The fourth-order valence-electron chi connectivity index (χ4n) is 2.05. The van der Waals surface area contributed by atoms with Crippen LogP contribution < -0.4 is 0 Å². The molecule has 0 bridgehead atoms. The lowest BCUT2D eigenvalue weighted by molar-refractivity contribution is -0.0790. The Balaban J connectivity index is 1.85. The van der Waals surface area contributed by atoms with Crippen LogP contribution in [0.15, 0.2) is 35.2 Å². The lowest BCUT2D eigenvalue weighted by atomic mass is 10.4. The number of hydrogen-bond donors (Lipinski definition) is 0. The van der Waals surface area contributed by atoms with Crippen LogP contribution in [0.3, 0.4) is 0 Å². The Morgan fingerprint density at radius 3 is 2.61 bits per heavy atom. The summed E-state index contributed by atoms with van der Waals surface area (Å²) < 4.78 is 5.42. The first-order valence-corrected chi connectivity index (χ1v) is 7.64. The van der Waals surface area contributed by atoms with E-state index in [9.17, 15) is 0 Å². The van der Waals surface area contributed by atoms with Crippen molar-refractivity contribution in [2.45, 2.75) is 18.2 Å². The SMILES string of the molecule is CCCN(CSc1ccccc1)N1CCOCC1. The average molecular weight is 266 g/mol. The van der Waals surface area contributed by atoms with Gasteiger partial charge in [0.05, 0.1) is 19.1 Å². The second-order valence-electron chi connectivity index (χ2n) is 4.38. The third-order valence-corrected chi connectivity index (χ3v) is 4.03. The standard InChI is InChI=1S/C14H22N2OS/c1-2-8-16(15-9-11-17-12-10-15)13-18-14-6-4-3-5-7-14/h3-7H,2,8-13H2,1H3. The van der Waals surface area contributed by atoms with Gasteiger partial charge in [0.25, 0.3) is 0 Å². The molecule has 2 rings (SSSR count). The van der Waals surface area contributed by atoms with Crippen molar-refractivity contribution in [3.05, 3.63) is 30.3 Å². The summed E-state index contributed by atoms with van der Waals surface area (Å²) >= 11 is 1.91. The summed E-state index contributed by atoms with van der Waals surface area (Å²) in [5, 5.41) is 4.89. The van der Waals surface area contributed by atoms with Crippen LogP contribution in [0, 0.1) is 0 Å². The maximum Gasteiger partial charge on any atom is 0.0637 e. The maximum absolute atomic E-state index is 5.42. The molecule has 3 nitrogen and oxygen atoms in total. The number of benzene rings is 1. The monoisotopic (exact) mass is 266 g/mol. The summed E-state index contributed by atoms with van der Waals surface area (Å²) in [5.41, 5.74) is 0. The predicted octanol–water partition coefficient (Wildman–Crippen LogP) is 2.70. The molecule has 0 aromatic heterocycles. The third-order valence-electron chi connectivity index (χ3n) is 2.99. The molecule has 1 fully saturated rings. The first kappa shape index (κ1) is 13.9. The van der Waals surface area contributed by atoms with E-state index in [1.54, 1.807) is 0 Å². The van der Waals surface area contributed by atoms with E-state index >= 15 is 0 Å². The summed E-state index contributed by atoms with van der Waals surface area (Å²) in [6.45, 7) is 7.12. The molecule has 0 saturated carbocycles. The van der Waals surface area contributed by atoms with Crippen LogP contribution in [0.1, 0.15) is 13.3 Å². The topological polar surface area (TPSA) is 15.7 Å². The van der Waals surface area contributed by atoms with Crippen LogP contribution in [0.4, 0.5) is 0 Å². The quantitative estimate of drug-likeness (QED) is 0.581. The average Bonchev–Trinajstić information content (AvgIpc) is 2.45. The Kier molecular flexibility index (Phi) is 6.00. The molecular weight excluding hydrogens is 244 g/mol. The van der Waals surface area contributed by atoms with Gasteiger partial charge in [-0.25, -0.2) is 10.0 Å². The van der Waals surface area contributed by atoms with Crippen LogP contribution in [-0.2, 0) is 4.74 Å². The van der Waals surface area contributed by atoms with Gasteiger partial charge < -0.3 is 4.74 Å². The maximum atomic E-state index is 5.42. The van der Waals surface area contributed by atoms with E-state index in [2.05, 4.69) is 47.3 Å². The van der Waals surface area contributed by atoms with Crippen molar-refractivity contribution in [3.8, 4) is 0 Å². The molecule has 1 saturated heterocycles. The third kappa shape index (κ3) is 4.28. The lowest BCUT2D eigenvalue weighted by Gasteiger charge is -2.37. The first-order valence-electron chi connectivity index (χ1n) is 6.65. The number of ether oxygens (including phenoxy) is 1. The van der Waals surface area contributed by atoms with Gasteiger partial charge in [-0.2, -0.15) is 0 Å². The van der Waals surface area contributed by atoms with Gasteiger partial charge in [-0.1, -0.05) is 25.1 Å². The van der Waals surface area contributed by atoms with Crippen molar-refractivity contribution in [2.24, 2.45) is 0 Å². The Hall–Kier alpha value is -0.550. The Bertz CT molecular complexity index is 328. The molecule has 0 atom stereocenters. The van der Waals surface area contributed by atoms with E-state index < -0.39 is 0 Å². The Morgan fingerprint density at radius 2 is 1.94 bits per heavy atom. The number of hydrogen-bond acceptors (Lipinski definition) is 4. The van der Waals surface area contributed by atoms with Gasteiger partial charge in [0.15, 0.2) is 0 Å². The number of rotatable bonds is 6. The van der Waals surface area contributed by atoms with Gasteiger partial charge in [0.2, 0.25) is 0 Å². The molecule has 0 N–H and O–H groups in total. The highest BCUT2D eigenvalue weighted by molar-refractivity contribution is 7.99. The number of nitrogens with zero attached hydrogens (tertiary/aromatic N) is 2. The van der Waals surface area contributed by atoms with Gasteiger partial charge in [0, 0.05) is 24.5 Å². The molecule has 18 heavy (non-hydrogen) atoms. The van der Waals surface area contributed by atoms with Gasteiger partial charge in [-0.15, -0.1) is 11.8 Å². The van der Waals surface area contributed by atoms with Crippen LogP contribution in [-0.4, -0.2) is 48.7 Å². The second-order valence-corrected chi connectivity index (χ2v) is 5.40. The molecule has 0 unspecified atom stereocenters. The summed E-state index contributed by atoms with van der Waals surface area (Å²) in [7, 11) is 0. The fourth-order valence-corrected chi connectivity index (χ4v) is 2.99.